The van der Waals surface area contributed by atoms with Crippen molar-refractivity contribution in [1.82, 2.24) is 0 Å². The van der Waals surface area contributed by atoms with Gasteiger partial charge >= 0.3 is 23.9 Å². The molecule has 0 atom stereocenters. The summed E-state index contributed by atoms with van der Waals surface area (Å²) in [5.41, 5.74) is 7.52. The van der Waals surface area contributed by atoms with Crippen LogP contribution in [0.1, 0.15) is 131 Å². The summed E-state index contributed by atoms with van der Waals surface area (Å²) in [6.07, 6.45) is 15.6. The first-order valence-corrected chi connectivity index (χ1v) is 26.4. The molecule has 5 aromatic carbocycles. The Hall–Kier alpha value is -7.45. The van der Waals surface area contributed by atoms with Crippen LogP contribution in [0.4, 0.5) is 0 Å². The molecule has 0 spiro atoms. The molecule has 0 heterocycles. The van der Waals surface area contributed by atoms with E-state index < -0.39 is 17.9 Å². The molecule has 11 nitrogen and oxygen atoms in total. The Morgan fingerprint density at radius 1 is 0.486 bits per heavy atom. The van der Waals surface area contributed by atoms with Crippen molar-refractivity contribution in [2.24, 2.45) is 11.8 Å². The number of esters is 4. The second kappa shape index (κ2) is 28.7. The summed E-state index contributed by atoms with van der Waals surface area (Å²) in [6.45, 7) is 8.61. The molecule has 74 heavy (non-hydrogen) atoms. The summed E-state index contributed by atoms with van der Waals surface area (Å²) in [7, 11) is 0. The summed E-state index contributed by atoms with van der Waals surface area (Å²) in [5, 5.41) is 9.59. The van der Waals surface area contributed by atoms with Gasteiger partial charge in [0.25, 0.3) is 0 Å². The molecule has 0 unspecified atom stereocenters. The first kappa shape index (κ1) is 54.3. The summed E-state index contributed by atoms with van der Waals surface area (Å²) < 4.78 is 33.3. The maximum atomic E-state index is 13.2. The smallest absolute Gasteiger partial charge is 0.330 e. The molecule has 0 amide bonds. The minimum Gasteiger partial charge on any atom is -0.494 e. The van der Waals surface area contributed by atoms with Gasteiger partial charge in [0.15, 0.2) is 11.5 Å². The van der Waals surface area contributed by atoms with Crippen molar-refractivity contribution in [1.29, 1.82) is 5.26 Å². The minimum atomic E-state index is -0.407. The molecular weight excluding hydrogens is 931 g/mol. The zero-order chi connectivity index (χ0) is 51.9. The van der Waals surface area contributed by atoms with Gasteiger partial charge in [0.2, 0.25) is 0 Å². The number of carbonyl (C=O) groups is 4. The van der Waals surface area contributed by atoms with Crippen molar-refractivity contribution in [3.63, 3.8) is 0 Å². The van der Waals surface area contributed by atoms with E-state index in [2.05, 4.69) is 92.0 Å². The van der Waals surface area contributed by atoms with Crippen LogP contribution < -0.4 is 18.9 Å². The van der Waals surface area contributed by atoms with E-state index in [1.807, 2.05) is 24.3 Å². The number of hydrogen-bond donors (Lipinski definition) is 0. The van der Waals surface area contributed by atoms with E-state index >= 15 is 0 Å². The third kappa shape index (κ3) is 17.1. The third-order valence-corrected chi connectivity index (χ3v) is 14.3. The van der Waals surface area contributed by atoms with Crippen LogP contribution in [0, 0.1) is 23.2 Å². The first-order valence-electron chi connectivity index (χ1n) is 26.4. The highest BCUT2D eigenvalue weighted by Crippen LogP contribution is 2.40. The Morgan fingerprint density at radius 2 is 0.865 bits per heavy atom. The molecule has 2 aliphatic carbocycles. The van der Waals surface area contributed by atoms with Crippen molar-refractivity contribution in [2.75, 3.05) is 26.4 Å². The Bertz CT molecular complexity index is 2650. The predicted molar refractivity (Wildman–Crippen MR) is 286 cm³/mol. The lowest BCUT2D eigenvalue weighted by atomic mass is 9.77. The molecule has 5 aromatic rings. The van der Waals surface area contributed by atoms with Crippen molar-refractivity contribution in [3.8, 4) is 51.3 Å². The zero-order valence-corrected chi connectivity index (χ0v) is 42.5. The van der Waals surface area contributed by atoms with Crippen LogP contribution in [0.15, 0.2) is 141 Å². The van der Waals surface area contributed by atoms with Gasteiger partial charge in [-0.1, -0.05) is 86.0 Å². The van der Waals surface area contributed by atoms with E-state index in [9.17, 15) is 24.4 Å². The molecule has 2 fully saturated rings. The largest absolute Gasteiger partial charge is 0.494 e. The van der Waals surface area contributed by atoms with Gasteiger partial charge in [0, 0.05) is 31.1 Å². The topological polar surface area (TPSA) is 147 Å². The van der Waals surface area contributed by atoms with Gasteiger partial charge in [-0.3, -0.25) is 9.59 Å². The lowest BCUT2D eigenvalue weighted by Gasteiger charge is -2.29. The second-order valence-corrected chi connectivity index (χ2v) is 19.4. The Morgan fingerprint density at radius 3 is 1.26 bits per heavy atom. The number of ether oxygens (including phenoxy) is 6. The molecule has 2 saturated carbocycles. The van der Waals surface area contributed by atoms with E-state index in [0.717, 1.165) is 117 Å². The van der Waals surface area contributed by atoms with Crippen molar-refractivity contribution >= 4 is 23.9 Å². The van der Waals surface area contributed by atoms with Gasteiger partial charge in [0.1, 0.15) is 11.5 Å². The van der Waals surface area contributed by atoms with Crippen LogP contribution in [-0.2, 0) is 28.7 Å². The number of rotatable bonds is 26. The average molecular weight is 1000 g/mol. The van der Waals surface area contributed by atoms with Gasteiger partial charge in [0.05, 0.1) is 38.1 Å². The number of nitriles is 1. The minimum absolute atomic E-state index is 0.0998. The Kier molecular flexibility index (Phi) is 21.1. The lowest BCUT2D eigenvalue weighted by Crippen LogP contribution is -2.17. The maximum absolute atomic E-state index is 13.2. The molecule has 7 rings (SSSR count). The molecule has 0 aliphatic heterocycles. The quantitative estimate of drug-likeness (QED) is 0.0226. The molecule has 0 radical (unpaired) electrons. The number of carbonyl (C=O) groups excluding carboxylic acids is 4. The first-order chi connectivity index (χ1) is 36.2. The Labute approximate surface area is 436 Å². The van der Waals surface area contributed by atoms with Gasteiger partial charge in [-0.15, -0.1) is 0 Å². The molecule has 2 aliphatic rings. The summed E-state index contributed by atoms with van der Waals surface area (Å²) >= 11 is 0. The van der Waals surface area contributed by atoms with Crippen molar-refractivity contribution < 1.29 is 47.6 Å². The van der Waals surface area contributed by atoms with E-state index in [0.29, 0.717) is 62.1 Å². The molecule has 0 N–H and O–H groups in total. The fourth-order valence-electron chi connectivity index (χ4n) is 9.94. The van der Waals surface area contributed by atoms with Gasteiger partial charge in [-0.05, 0) is 183 Å². The highest BCUT2D eigenvalue weighted by Gasteiger charge is 2.26. The number of benzene rings is 5. The van der Waals surface area contributed by atoms with Gasteiger partial charge in [-0.25, -0.2) is 9.59 Å². The summed E-state index contributed by atoms with van der Waals surface area (Å²) in [4.78, 5) is 48.7. The normalized spacial score (nSPS) is 17.2. The van der Waals surface area contributed by atoms with Crippen molar-refractivity contribution in [3.05, 3.63) is 157 Å². The monoisotopic (exact) mass is 999 g/mol. The number of unbranched alkanes of at least 4 members (excludes halogenated alkanes) is 2. The van der Waals surface area contributed by atoms with Crippen molar-refractivity contribution in [2.45, 2.75) is 115 Å². The molecular formula is C63H69NO10. The molecule has 0 saturated heterocycles. The fourth-order valence-corrected chi connectivity index (χ4v) is 9.94. The van der Waals surface area contributed by atoms with Crippen LogP contribution in [-0.4, -0.2) is 50.3 Å². The summed E-state index contributed by atoms with van der Waals surface area (Å²) in [6, 6.07) is 40.5. The predicted octanol–water partition coefficient (Wildman–Crippen LogP) is 14.0. The second-order valence-electron chi connectivity index (χ2n) is 19.4. The summed E-state index contributed by atoms with van der Waals surface area (Å²) in [5.74, 6) is 2.05. The average Bonchev–Trinajstić information content (AvgIpc) is 3.44. The standard InChI is InChI=1S/C63H69NO10/c1-3-60(65)71-41-7-5-39-69-56-32-28-54(29-33-56)52-24-20-50(21-25-52)48-16-9-45(10-17-48)14-37-62(67)73-58-36-13-47(44-64)43-59(58)74-63(68)38-15-46-11-18-49(19-12-46)51-22-26-53(27-23-51)55-30-34-57(35-31-55)70-40-6-8-42-72-61(66)4-2/h3-4,13,20-36,43,45-46,48-49H,1-2,5-12,14-19,37-42H2/t45-,46-,48-,49-. The van der Waals surface area contributed by atoms with Gasteiger partial charge < -0.3 is 28.4 Å². The van der Waals surface area contributed by atoms with Gasteiger partial charge in [-0.2, -0.15) is 5.26 Å². The lowest BCUT2D eigenvalue weighted by molar-refractivity contribution is -0.138. The maximum Gasteiger partial charge on any atom is 0.330 e. The van der Waals surface area contributed by atoms with E-state index in [1.165, 1.54) is 35.4 Å². The van der Waals surface area contributed by atoms with Crippen LogP contribution in [0.25, 0.3) is 22.3 Å². The van der Waals surface area contributed by atoms with E-state index in [-0.39, 0.29) is 30.3 Å². The highest BCUT2D eigenvalue weighted by atomic mass is 16.6. The van der Waals surface area contributed by atoms with Crippen LogP contribution >= 0.6 is 0 Å². The van der Waals surface area contributed by atoms with Crippen LogP contribution in [0.5, 0.6) is 23.0 Å². The highest BCUT2D eigenvalue weighted by molar-refractivity contribution is 5.81. The van der Waals surface area contributed by atoms with Crippen LogP contribution in [0.3, 0.4) is 0 Å². The molecule has 11 heteroatoms. The third-order valence-electron chi connectivity index (χ3n) is 14.3. The molecule has 0 aromatic heterocycles. The van der Waals surface area contributed by atoms with E-state index in [1.54, 1.807) is 6.07 Å². The molecule has 386 valence electrons. The SMILES string of the molecule is C=CC(=O)OCCCCOc1ccc(-c2ccc([C@H]3CC[C@H](CCC(=O)Oc4ccc(C#N)cc4OC(=O)CC[C@H]4CC[C@H](c5ccc(-c6ccc(OCCCCOC(=O)C=C)cc6)cc5)CC4)CC3)cc2)cc1. The van der Waals surface area contributed by atoms with E-state index in [4.69, 9.17) is 28.4 Å². The van der Waals surface area contributed by atoms with Crippen LogP contribution in [0.2, 0.25) is 0 Å². The fraction of sp³-hybridized carbons (Fsp3) is 0.381. The Balaban J connectivity index is 0.777. The number of hydrogen-bond acceptors (Lipinski definition) is 11. The zero-order valence-electron chi connectivity index (χ0n) is 42.5. The number of nitrogens with zero attached hydrogens (tertiary/aromatic N) is 1. The molecule has 0 bridgehead atoms.